The third-order valence-electron chi connectivity index (χ3n) is 4.45. The van der Waals surface area contributed by atoms with E-state index in [1.165, 1.54) is 5.82 Å². The second-order valence-corrected chi connectivity index (χ2v) is 5.73. The van der Waals surface area contributed by atoms with Crippen LogP contribution in [0.5, 0.6) is 0 Å². The van der Waals surface area contributed by atoms with Gasteiger partial charge in [0.15, 0.2) is 0 Å². The van der Waals surface area contributed by atoms with Crippen molar-refractivity contribution in [3.8, 4) is 0 Å². The van der Waals surface area contributed by atoms with E-state index >= 15 is 0 Å². The summed E-state index contributed by atoms with van der Waals surface area (Å²) in [5, 5.41) is 3.80. The van der Waals surface area contributed by atoms with E-state index in [9.17, 15) is 0 Å². The van der Waals surface area contributed by atoms with Crippen molar-refractivity contribution < 1.29 is 9.47 Å². The minimum absolute atomic E-state index is 0.320. The molecule has 0 spiro atoms. The Morgan fingerprint density at radius 1 is 1.30 bits per heavy atom. The van der Waals surface area contributed by atoms with E-state index in [-0.39, 0.29) is 0 Å². The summed E-state index contributed by atoms with van der Waals surface area (Å²) >= 11 is 0. The van der Waals surface area contributed by atoms with Crippen molar-refractivity contribution in [3.63, 3.8) is 0 Å². The van der Waals surface area contributed by atoms with Crippen LogP contribution in [0.4, 0.5) is 0 Å². The lowest BCUT2D eigenvalue weighted by Gasteiger charge is -2.32. The molecule has 0 radical (unpaired) electrons. The molecule has 0 unspecified atom stereocenters. The van der Waals surface area contributed by atoms with Gasteiger partial charge in [-0.3, -0.25) is 0 Å². The van der Waals surface area contributed by atoms with Gasteiger partial charge in [0.2, 0.25) is 0 Å². The van der Waals surface area contributed by atoms with Crippen molar-refractivity contribution >= 4 is 0 Å². The summed E-state index contributed by atoms with van der Waals surface area (Å²) in [6.07, 6.45) is 7.32. The van der Waals surface area contributed by atoms with E-state index < -0.39 is 0 Å². The van der Waals surface area contributed by atoms with Gasteiger partial charge in [0.25, 0.3) is 0 Å². The van der Waals surface area contributed by atoms with E-state index in [1.807, 2.05) is 6.20 Å². The zero-order valence-corrected chi connectivity index (χ0v) is 12.3. The maximum Gasteiger partial charge on any atom is 0.126 e. The lowest BCUT2D eigenvalue weighted by Crippen LogP contribution is -2.40. The van der Waals surface area contributed by atoms with Crippen molar-refractivity contribution in [2.45, 2.75) is 44.8 Å². The molecule has 2 fully saturated rings. The fourth-order valence-electron chi connectivity index (χ4n) is 3.26. The number of hydrogen-bond acceptors (Lipinski definition) is 4. The molecule has 0 aromatic carbocycles. The van der Waals surface area contributed by atoms with Gasteiger partial charge in [-0.15, -0.1) is 0 Å². The van der Waals surface area contributed by atoms with Gasteiger partial charge in [-0.2, -0.15) is 0 Å². The summed E-state index contributed by atoms with van der Waals surface area (Å²) in [4.78, 5) is 4.62. The average molecular weight is 279 g/mol. The van der Waals surface area contributed by atoms with Gasteiger partial charge in [0.1, 0.15) is 5.82 Å². The van der Waals surface area contributed by atoms with Crippen LogP contribution in [0.3, 0.4) is 0 Å². The van der Waals surface area contributed by atoms with E-state index in [0.717, 1.165) is 52.2 Å². The average Bonchev–Trinajstić information content (AvgIpc) is 3.16. The first-order chi connectivity index (χ1) is 9.88. The lowest BCUT2D eigenvalue weighted by atomic mass is 9.90. The van der Waals surface area contributed by atoms with Crippen molar-refractivity contribution in [3.05, 3.63) is 18.2 Å². The van der Waals surface area contributed by atoms with Crippen molar-refractivity contribution in [1.29, 1.82) is 0 Å². The highest BCUT2D eigenvalue weighted by Crippen LogP contribution is 2.30. The van der Waals surface area contributed by atoms with Crippen LogP contribution >= 0.6 is 0 Å². The van der Waals surface area contributed by atoms with E-state index in [0.29, 0.717) is 18.0 Å². The van der Waals surface area contributed by atoms with Crippen LogP contribution in [0, 0.1) is 5.92 Å². The Balaban J connectivity index is 1.77. The van der Waals surface area contributed by atoms with Gasteiger partial charge < -0.3 is 19.4 Å². The smallest absolute Gasteiger partial charge is 0.126 e. The molecule has 5 nitrogen and oxygen atoms in total. The Bertz CT molecular complexity index is 409. The molecule has 5 heteroatoms. The van der Waals surface area contributed by atoms with Crippen LogP contribution in [0.1, 0.15) is 38.1 Å². The Hall–Kier alpha value is -0.910. The summed E-state index contributed by atoms with van der Waals surface area (Å²) in [6, 6.07) is 0.783. The molecule has 1 aromatic rings. The number of ether oxygens (including phenoxy) is 2. The molecule has 3 rings (SSSR count). The maximum atomic E-state index is 5.51. The Labute approximate surface area is 120 Å². The minimum atomic E-state index is 0.320. The summed E-state index contributed by atoms with van der Waals surface area (Å²) in [5.74, 6) is 1.78. The standard InChI is InChI=1S/C15H25N3O2/c1-2-18-7-6-16-15(18)14(12-3-8-19-9-4-12)17-13-5-10-20-11-13/h6-7,12-14,17H,2-5,8-11H2,1H3/t13-,14+/m0/s1. The number of nitrogens with one attached hydrogen (secondary N) is 1. The second-order valence-electron chi connectivity index (χ2n) is 5.73. The monoisotopic (exact) mass is 279 g/mol. The molecule has 0 saturated carbocycles. The molecule has 1 aromatic heterocycles. The first kappa shape index (κ1) is 14.0. The zero-order valence-electron chi connectivity index (χ0n) is 12.3. The fraction of sp³-hybridized carbons (Fsp3) is 0.800. The Morgan fingerprint density at radius 2 is 2.10 bits per heavy atom. The number of nitrogens with zero attached hydrogens (tertiary/aromatic N) is 2. The van der Waals surface area contributed by atoms with Gasteiger partial charge in [0.05, 0.1) is 12.6 Å². The molecule has 20 heavy (non-hydrogen) atoms. The summed E-state index contributed by atoms with van der Waals surface area (Å²) < 4.78 is 13.3. The largest absolute Gasteiger partial charge is 0.381 e. The van der Waals surface area contributed by atoms with Crippen molar-refractivity contribution in [1.82, 2.24) is 14.9 Å². The number of aromatic nitrogens is 2. The van der Waals surface area contributed by atoms with E-state index in [2.05, 4.69) is 28.0 Å². The van der Waals surface area contributed by atoms with Gasteiger partial charge >= 0.3 is 0 Å². The maximum absolute atomic E-state index is 5.51. The molecular weight excluding hydrogens is 254 g/mol. The van der Waals surface area contributed by atoms with Gasteiger partial charge in [0, 0.05) is 44.8 Å². The topological polar surface area (TPSA) is 48.3 Å². The molecule has 2 atom stereocenters. The molecule has 0 bridgehead atoms. The summed E-state index contributed by atoms with van der Waals surface area (Å²) in [7, 11) is 0. The van der Waals surface area contributed by atoms with Gasteiger partial charge in [-0.25, -0.2) is 4.98 Å². The summed E-state index contributed by atoms with van der Waals surface area (Å²) in [5.41, 5.74) is 0. The van der Waals surface area contributed by atoms with E-state index in [4.69, 9.17) is 9.47 Å². The highest BCUT2D eigenvalue weighted by molar-refractivity contribution is 5.03. The van der Waals surface area contributed by atoms with Gasteiger partial charge in [-0.05, 0) is 32.1 Å². The van der Waals surface area contributed by atoms with E-state index in [1.54, 1.807) is 0 Å². The molecular formula is C15H25N3O2. The molecule has 112 valence electrons. The third-order valence-corrected chi connectivity index (χ3v) is 4.45. The van der Waals surface area contributed by atoms with Crippen LogP contribution in [0.25, 0.3) is 0 Å². The molecule has 0 aliphatic carbocycles. The van der Waals surface area contributed by atoms with Crippen LogP contribution in [0.2, 0.25) is 0 Å². The first-order valence-corrected chi connectivity index (χ1v) is 7.81. The van der Waals surface area contributed by atoms with Crippen molar-refractivity contribution in [2.24, 2.45) is 5.92 Å². The van der Waals surface area contributed by atoms with Crippen LogP contribution in [0.15, 0.2) is 12.4 Å². The highest BCUT2D eigenvalue weighted by Gasteiger charge is 2.31. The Morgan fingerprint density at radius 3 is 2.80 bits per heavy atom. The number of rotatable bonds is 5. The minimum Gasteiger partial charge on any atom is -0.381 e. The highest BCUT2D eigenvalue weighted by atomic mass is 16.5. The SMILES string of the molecule is CCn1ccnc1[C@H](N[C@H]1CCOC1)C1CCOCC1. The molecule has 3 heterocycles. The zero-order chi connectivity index (χ0) is 13.8. The first-order valence-electron chi connectivity index (χ1n) is 7.81. The number of aryl methyl sites for hydroxylation is 1. The molecule has 1 N–H and O–H groups in total. The number of hydrogen-bond donors (Lipinski definition) is 1. The number of imidazole rings is 1. The normalized spacial score (nSPS) is 25.9. The molecule has 0 amide bonds. The van der Waals surface area contributed by atoms with Gasteiger partial charge in [-0.1, -0.05) is 0 Å². The fourth-order valence-corrected chi connectivity index (χ4v) is 3.26. The quantitative estimate of drug-likeness (QED) is 0.892. The molecule has 2 aliphatic rings. The Kier molecular flexibility index (Phi) is 4.70. The lowest BCUT2D eigenvalue weighted by molar-refractivity contribution is 0.0497. The molecule has 2 aliphatic heterocycles. The second kappa shape index (κ2) is 6.70. The molecule has 2 saturated heterocycles. The van der Waals surface area contributed by atoms with Crippen LogP contribution in [-0.2, 0) is 16.0 Å². The summed E-state index contributed by atoms with van der Waals surface area (Å²) in [6.45, 7) is 6.59. The third kappa shape index (κ3) is 3.05. The predicted octanol–water partition coefficient (Wildman–Crippen LogP) is 1.75. The van der Waals surface area contributed by atoms with Crippen LogP contribution < -0.4 is 5.32 Å². The van der Waals surface area contributed by atoms with Crippen LogP contribution in [-0.4, -0.2) is 42.0 Å². The predicted molar refractivity (Wildman–Crippen MR) is 76.5 cm³/mol. The van der Waals surface area contributed by atoms with Crippen molar-refractivity contribution in [2.75, 3.05) is 26.4 Å².